The second-order valence-corrected chi connectivity index (χ2v) is 7.10. The zero-order valence-electron chi connectivity index (χ0n) is 15.8. The summed E-state index contributed by atoms with van der Waals surface area (Å²) in [7, 11) is 0. The number of rotatable bonds is 6. The zero-order chi connectivity index (χ0) is 20.4. The van der Waals surface area contributed by atoms with Crippen molar-refractivity contribution in [3.63, 3.8) is 0 Å². The minimum atomic E-state index is -0.777. The summed E-state index contributed by atoms with van der Waals surface area (Å²) >= 11 is 6.39. The third kappa shape index (κ3) is 3.51. The molecule has 6 nitrogen and oxygen atoms in total. The van der Waals surface area contributed by atoms with Gasteiger partial charge in [-0.1, -0.05) is 18.5 Å². The van der Waals surface area contributed by atoms with Gasteiger partial charge in [0.05, 0.1) is 17.3 Å². The van der Waals surface area contributed by atoms with Gasteiger partial charge in [0.25, 0.3) is 11.8 Å². The van der Waals surface area contributed by atoms with Gasteiger partial charge < -0.3 is 10.1 Å². The Kier molecular flexibility index (Phi) is 6.03. The van der Waals surface area contributed by atoms with Crippen molar-refractivity contribution < 1.29 is 23.5 Å². The number of nitrogens with zero attached hydrogens (tertiary/aromatic N) is 1. The van der Waals surface area contributed by atoms with E-state index >= 15 is 0 Å². The molecule has 1 heterocycles. The Morgan fingerprint density at radius 2 is 1.82 bits per heavy atom. The summed E-state index contributed by atoms with van der Waals surface area (Å²) in [6.45, 7) is 3.72. The summed E-state index contributed by atoms with van der Waals surface area (Å²) in [5.41, 5.74) is 0.865. The molecule has 0 aromatic heterocycles. The van der Waals surface area contributed by atoms with Gasteiger partial charge >= 0.3 is 5.97 Å². The lowest BCUT2D eigenvalue weighted by atomic mass is 9.93. The maximum absolute atomic E-state index is 14.6. The molecule has 0 saturated carbocycles. The van der Waals surface area contributed by atoms with Crippen molar-refractivity contribution in [2.75, 3.05) is 16.8 Å². The van der Waals surface area contributed by atoms with Crippen molar-refractivity contribution in [3.05, 3.63) is 34.1 Å². The quantitative estimate of drug-likeness (QED) is 0.569. The van der Waals surface area contributed by atoms with Crippen LogP contribution in [0, 0.1) is 5.82 Å². The highest BCUT2D eigenvalue weighted by atomic mass is 35.5. The highest BCUT2D eigenvalue weighted by molar-refractivity contribution is 6.40. The van der Waals surface area contributed by atoms with Crippen molar-refractivity contribution in [3.8, 4) is 0 Å². The molecule has 28 heavy (non-hydrogen) atoms. The third-order valence-corrected chi connectivity index (χ3v) is 5.37. The zero-order valence-corrected chi connectivity index (χ0v) is 16.6. The molecule has 0 spiro atoms. The molecule has 0 saturated heterocycles. The Balaban J connectivity index is 1.95. The average Bonchev–Trinajstić information content (AvgIpc) is 2.93. The molecule has 0 fully saturated rings. The Morgan fingerprint density at radius 3 is 2.36 bits per heavy atom. The van der Waals surface area contributed by atoms with Gasteiger partial charge in [0.2, 0.25) is 0 Å². The number of imide groups is 1. The Bertz CT molecular complexity index is 840. The highest BCUT2D eigenvalue weighted by Crippen LogP contribution is 2.42. The lowest BCUT2D eigenvalue weighted by Crippen LogP contribution is -2.33. The standard InChI is InChI=1S/C20H22ClFN2O4/c1-3-14(20(27)28-4-2)23-15-10-9-13(22)17(16(15)21)24-18(25)11-7-5-6-8-12(11)19(24)26/h9-10,14,23H,3-8H2,1-2H3. The fourth-order valence-electron chi connectivity index (χ4n) is 3.56. The normalized spacial score (nSPS) is 17.6. The van der Waals surface area contributed by atoms with Crippen LogP contribution in [0.2, 0.25) is 5.02 Å². The number of amides is 2. The largest absolute Gasteiger partial charge is 0.464 e. The molecule has 1 aliphatic carbocycles. The topological polar surface area (TPSA) is 75.7 Å². The first-order valence-corrected chi connectivity index (χ1v) is 9.80. The summed E-state index contributed by atoms with van der Waals surface area (Å²) in [6, 6.07) is 1.81. The van der Waals surface area contributed by atoms with E-state index in [1.54, 1.807) is 13.8 Å². The Labute approximate surface area is 167 Å². The molecule has 3 rings (SSSR count). The number of carbonyl (C=O) groups excluding carboxylic acids is 3. The molecule has 1 aromatic rings. The van der Waals surface area contributed by atoms with E-state index in [-0.39, 0.29) is 23.0 Å². The summed E-state index contributed by atoms with van der Waals surface area (Å²) < 4.78 is 19.7. The van der Waals surface area contributed by atoms with Gasteiger partial charge in [-0.3, -0.25) is 9.59 Å². The average molecular weight is 409 g/mol. The van der Waals surface area contributed by atoms with Crippen LogP contribution in [0.15, 0.2) is 23.3 Å². The van der Waals surface area contributed by atoms with E-state index in [4.69, 9.17) is 16.3 Å². The number of hydrogen-bond donors (Lipinski definition) is 1. The van der Waals surface area contributed by atoms with Crippen LogP contribution in [0.3, 0.4) is 0 Å². The first-order chi connectivity index (χ1) is 13.4. The number of nitrogens with one attached hydrogen (secondary N) is 1. The van der Waals surface area contributed by atoms with Crippen LogP contribution in [-0.4, -0.2) is 30.4 Å². The van der Waals surface area contributed by atoms with Crippen LogP contribution in [0.4, 0.5) is 15.8 Å². The minimum absolute atomic E-state index is 0.121. The van der Waals surface area contributed by atoms with E-state index < -0.39 is 29.6 Å². The highest BCUT2D eigenvalue weighted by Gasteiger charge is 2.42. The minimum Gasteiger partial charge on any atom is -0.464 e. The van der Waals surface area contributed by atoms with E-state index in [0.717, 1.165) is 23.8 Å². The van der Waals surface area contributed by atoms with Crippen LogP contribution in [0.25, 0.3) is 0 Å². The summed E-state index contributed by atoms with van der Waals surface area (Å²) in [5.74, 6) is -2.27. The molecule has 1 aromatic carbocycles. The van der Waals surface area contributed by atoms with Crippen LogP contribution in [-0.2, 0) is 19.1 Å². The first-order valence-electron chi connectivity index (χ1n) is 9.42. The summed E-state index contributed by atoms with van der Waals surface area (Å²) in [6.07, 6.45) is 3.07. The van der Waals surface area contributed by atoms with E-state index in [1.807, 2.05) is 0 Å². The van der Waals surface area contributed by atoms with Gasteiger partial charge in [0.15, 0.2) is 0 Å². The van der Waals surface area contributed by atoms with Crippen LogP contribution < -0.4 is 10.2 Å². The molecule has 1 N–H and O–H groups in total. The Morgan fingerprint density at radius 1 is 1.21 bits per heavy atom. The second kappa shape index (κ2) is 8.31. The van der Waals surface area contributed by atoms with Crippen LogP contribution >= 0.6 is 11.6 Å². The number of anilines is 2. The first kappa shape index (κ1) is 20.3. The van der Waals surface area contributed by atoms with Crippen molar-refractivity contribution in [2.24, 2.45) is 0 Å². The van der Waals surface area contributed by atoms with Crippen LogP contribution in [0.1, 0.15) is 46.0 Å². The van der Waals surface area contributed by atoms with Crippen LogP contribution in [0.5, 0.6) is 0 Å². The Hall–Kier alpha value is -2.41. The third-order valence-electron chi connectivity index (χ3n) is 4.99. The van der Waals surface area contributed by atoms with Crippen molar-refractivity contribution in [1.29, 1.82) is 0 Å². The number of benzene rings is 1. The number of hydrogen-bond acceptors (Lipinski definition) is 5. The molecule has 1 aliphatic heterocycles. The lowest BCUT2D eigenvalue weighted by molar-refractivity contribution is -0.144. The molecule has 1 atom stereocenters. The SMILES string of the molecule is CCOC(=O)C(CC)Nc1ccc(F)c(N2C(=O)C3=C(CCCC3)C2=O)c1Cl. The predicted octanol–water partition coefficient (Wildman–Crippen LogP) is 3.98. The molecule has 1 unspecified atom stereocenters. The van der Waals surface area contributed by atoms with E-state index in [1.165, 1.54) is 6.07 Å². The van der Waals surface area contributed by atoms with Gasteiger partial charge in [-0.05, 0) is 51.2 Å². The number of esters is 1. The summed E-state index contributed by atoms with van der Waals surface area (Å²) in [5, 5.41) is 2.81. The van der Waals surface area contributed by atoms with Crippen molar-refractivity contribution in [2.45, 2.75) is 52.0 Å². The fourth-order valence-corrected chi connectivity index (χ4v) is 3.85. The van der Waals surface area contributed by atoms with E-state index in [2.05, 4.69) is 5.32 Å². The number of ether oxygens (including phenoxy) is 1. The van der Waals surface area contributed by atoms with Gasteiger partial charge in [-0.2, -0.15) is 0 Å². The van der Waals surface area contributed by atoms with E-state index in [0.29, 0.717) is 30.4 Å². The second-order valence-electron chi connectivity index (χ2n) is 6.72. The van der Waals surface area contributed by atoms with Gasteiger partial charge in [0.1, 0.15) is 17.5 Å². The number of halogens is 2. The van der Waals surface area contributed by atoms with Gasteiger partial charge in [0, 0.05) is 11.1 Å². The van der Waals surface area contributed by atoms with Crippen molar-refractivity contribution >= 4 is 40.8 Å². The lowest BCUT2D eigenvalue weighted by Gasteiger charge is -2.22. The fraction of sp³-hybridized carbons (Fsp3) is 0.450. The molecule has 8 heteroatoms. The molecule has 2 aliphatic rings. The molecule has 2 amide bonds. The predicted molar refractivity (Wildman–Crippen MR) is 104 cm³/mol. The number of carbonyl (C=O) groups is 3. The molecule has 0 bridgehead atoms. The maximum Gasteiger partial charge on any atom is 0.328 e. The van der Waals surface area contributed by atoms with E-state index in [9.17, 15) is 18.8 Å². The molecular formula is C20H22ClFN2O4. The maximum atomic E-state index is 14.6. The molecule has 150 valence electrons. The molecule has 0 radical (unpaired) electrons. The van der Waals surface area contributed by atoms with Gasteiger partial charge in [-0.15, -0.1) is 0 Å². The van der Waals surface area contributed by atoms with Gasteiger partial charge in [-0.25, -0.2) is 14.1 Å². The monoisotopic (exact) mass is 408 g/mol. The molecular weight excluding hydrogens is 387 g/mol. The van der Waals surface area contributed by atoms with Crippen molar-refractivity contribution in [1.82, 2.24) is 0 Å². The smallest absolute Gasteiger partial charge is 0.328 e. The summed E-state index contributed by atoms with van der Waals surface area (Å²) in [4.78, 5) is 38.4.